The van der Waals surface area contributed by atoms with Crippen LogP contribution >= 0.6 is 11.3 Å². The number of anilines is 1. The van der Waals surface area contributed by atoms with Crippen molar-refractivity contribution < 1.29 is 4.42 Å². The molecule has 0 radical (unpaired) electrons. The molecule has 3 nitrogen and oxygen atoms in total. The predicted octanol–water partition coefficient (Wildman–Crippen LogP) is 6.38. The van der Waals surface area contributed by atoms with Crippen molar-refractivity contribution >= 4 is 27.4 Å². The van der Waals surface area contributed by atoms with Crippen LogP contribution in [-0.4, -0.2) is 4.98 Å². The fourth-order valence-corrected chi connectivity index (χ4v) is 4.95. The molecular formula is C24H16N2OS. The molecule has 0 atom stereocenters. The molecule has 2 N–H and O–H groups in total. The van der Waals surface area contributed by atoms with Gasteiger partial charge in [-0.2, -0.15) is 0 Å². The normalized spacial score (nSPS) is 12.3. The molecule has 1 aliphatic carbocycles. The van der Waals surface area contributed by atoms with Gasteiger partial charge in [-0.3, -0.25) is 0 Å². The van der Waals surface area contributed by atoms with Crippen LogP contribution in [0.25, 0.3) is 44.7 Å². The van der Waals surface area contributed by atoms with Crippen LogP contribution in [0.3, 0.4) is 0 Å². The summed E-state index contributed by atoms with van der Waals surface area (Å²) in [7, 11) is 0. The van der Waals surface area contributed by atoms with Gasteiger partial charge >= 0.3 is 0 Å². The highest BCUT2D eigenvalue weighted by Crippen LogP contribution is 2.43. The molecule has 0 spiro atoms. The van der Waals surface area contributed by atoms with Crippen LogP contribution < -0.4 is 5.73 Å². The first-order valence-electron chi connectivity index (χ1n) is 9.23. The number of benzene rings is 3. The third kappa shape index (κ3) is 2.31. The summed E-state index contributed by atoms with van der Waals surface area (Å²) < 4.78 is 6.14. The van der Waals surface area contributed by atoms with Gasteiger partial charge in [0, 0.05) is 27.8 Å². The van der Waals surface area contributed by atoms with Gasteiger partial charge in [0.1, 0.15) is 11.3 Å². The van der Waals surface area contributed by atoms with E-state index in [4.69, 9.17) is 10.2 Å². The Morgan fingerprint density at radius 1 is 0.857 bits per heavy atom. The van der Waals surface area contributed by atoms with Crippen molar-refractivity contribution in [1.29, 1.82) is 0 Å². The third-order valence-corrected chi connectivity index (χ3v) is 6.24. The standard InChI is InChI=1S/C24H16N2OS/c25-24-26-23-18-10-9-14(11-16(18)13-22(23)28-24)17-6-2-3-7-19(17)21-12-15-5-1-4-8-20(15)27-21/h1-12H,13H2,(H2,25,26). The van der Waals surface area contributed by atoms with E-state index < -0.39 is 0 Å². The van der Waals surface area contributed by atoms with Crippen LogP contribution in [0, 0.1) is 0 Å². The summed E-state index contributed by atoms with van der Waals surface area (Å²) in [6.45, 7) is 0. The van der Waals surface area contributed by atoms with E-state index in [0.29, 0.717) is 5.13 Å². The predicted molar refractivity (Wildman–Crippen MR) is 115 cm³/mol. The lowest BCUT2D eigenvalue weighted by molar-refractivity contribution is 0.632. The Morgan fingerprint density at radius 2 is 1.68 bits per heavy atom. The van der Waals surface area contributed by atoms with Gasteiger partial charge in [-0.05, 0) is 28.8 Å². The number of para-hydroxylation sites is 1. The number of furan rings is 1. The maximum Gasteiger partial charge on any atom is 0.180 e. The lowest BCUT2D eigenvalue weighted by atomic mass is 9.95. The van der Waals surface area contributed by atoms with Crippen LogP contribution in [0.15, 0.2) is 77.2 Å². The molecule has 0 saturated heterocycles. The zero-order chi connectivity index (χ0) is 18.7. The molecule has 0 amide bonds. The van der Waals surface area contributed by atoms with Gasteiger partial charge in [-0.15, -0.1) is 11.3 Å². The Labute approximate surface area is 166 Å². The van der Waals surface area contributed by atoms with Crippen molar-refractivity contribution in [2.45, 2.75) is 6.42 Å². The molecule has 6 rings (SSSR count). The van der Waals surface area contributed by atoms with E-state index in [0.717, 1.165) is 34.4 Å². The van der Waals surface area contributed by atoms with Crippen LogP contribution in [0.4, 0.5) is 5.13 Å². The highest BCUT2D eigenvalue weighted by molar-refractivity contribution is 7.15. The maximum absolute atomic E-state index is 6.14. The average Bonchev–Trinajstić information content (AvgIpc) is 3.39. The van der Waals surface area contributed by atoms with Gasteiger partial charge in [0.25, 0.3) is 0 Å². The maximum atomic E-state index is 6.14. The second-order valence-electron chi connectivity index (χ2n) is 7.07. The van der Waals surface area contributed by atoms with Crippen LogP contribution in [-0.2, 0) is 6.42 Å². The molecule has 1 aliphatic rings. The minimum absolute atomic E-state index is 0.648. The Bertz CT molecular complexity index is 1330. The highest BCUT2D eigenvalue weighted by Gasteiger charge is 2.23. The fraction of sp³-hybridized carbons (Fsp3) is 0.0417. The number of fused-ring (bicyclic) bond motifs is 4. The molecule has 0 saturated carbocycles. The molecule has 3 aromatic carbocycles. The van der Waals surface area contributed by atoms with Gasteiger partial charge in [-0.25, -0.2) is 4.98 Å². The van der Waals surface area contributed by atoms with Crippen LogP contribution in [0.2, 0.25) is 0 Å². The summed E-state index contributed by atoms with van der Waals surface area (Å²) in [5.41, 5.74) is 13.8. The molecule has 134 valence electrons. The van der Waals surface area contributed by atoms with Gasteiger partial charge in [-0.1, -0.05) is 60.7 Å². The minimum Gasteiger partial charge on any atom is -0.456 e. The molecular weight excluding hydrogens is 364 g/mol. The summed E-state index contributed by atoms with van der Waals surface area (Å²) in [4.78, 5) is 5.77. The summed E-state index contributed by atoms with van der Waals surface area (Å²) >= 11 is 1.59. The van der Waals surface area contributed by atoms with Crippen LogP contribution in [0.1, 0.15) is 10.4 Å². The van der Waals surface area contributed by atoms with E-state index in [1.54, 1.807) is 11.3 Å². The first-order valence-corrected chi connectivity index (χ1v) is 10.0. The van der Waals surface area contributed by atoms with Crippen LogP contribution in [0.5, 0.6) is 0 Å². The number of nitrogens with two attached hydrogens (primary N) is 1. The number of nitrogen functional groups attached to an aromatic ring is 1. The number of nitrogens with zero attached hydrogens (tertiary/aromatic N) is 1. The van der Waals surface area contributed by atoms with E-state index >= 15 is 0 Å². The van der Waals surface area contributed by atoms with Crippen molar-refractivity contribution in [1.82, 2.24) is 4.98 Å². The van der Waals surface area contributed by atoms with Crippen molar-refractivity contribution in [2.75, 3.05) is 5.73 Å². The second-order valence-corrected chi connectivity index (χ2v) is 8.18. The Kier molecular flexibility index (Phi) is 3.25. The quantitative estimate of drug-likeness (QED) is 0.379. The summed E-state index contributed by atoms with van der Waals surface area (Å²) in [6.07, 6.45) is 0.903. The molecule has 4 heteroatoms. The van der Waals surface area contributed by atoms with Gasteiger partial charge < -0.3 is 10.2 Å². The number of hydrogen-bond acceptors (Lipinski definition) is 4. The minimum atomic E-state index is 0.648. The van der Waals surface area contributed by atoms with E-state index in [1.165, 1.54) is 27.1 Å². The molecule has 0 fully saturated rings. The van der Waals surface area contributed by atoms with Crippen molar-refractivity contribution in [3.8, 4) is 33.7 Å². The largest absolute Gasteiger partial charge is 0.456 e. The zero-order valence-electron chi connectivity index (χ0n) is 15.0. The summed E-state index contributed by atoms with van der Waals surface area (Å²) in [5, 5.41) is 1.77. The monoisotopic (exact) mass is 380 g/mol. The number of rotatable bonds is 2. The SMILES string of the molecule is Nc1nc2c(s1)Cc1cc(-c3ccccc3-c3cc4ccccc4o3)ccc1-2. The summed E-state index contributed by atoms with van der Waals surface area (Å²) in [5.74, 6) is 0.894. The smallest absolute Gasteiger partial charge is 0.180 e. The number of hydrogen-bond donors (Lipinski definition) is 1. The zero-order valence-corrected chi connectivity index (χ0v) is 15.8. The summed E-state index contributed by atoms with van der Waals surface area (Å²) in [6, 6.07) is 25.3. The molecule has 2 aromatic heterocycles. The van der Waals surface area contributed by atoms with Gasteiger partial charge in [0.05, 0.1) is 5.69 Å². The fourth-order valence-electron chi connectivity index (χ4n) is 4.08. The first kappa shape index (κ1) is 15.7. The second kappa shape index (κ2) is 5.81. The molecule has 2 heterocycles. The topological polar surface area (TPSA) is 52.0 Å². The molecule has 0 aliphatic heterocycles. The Morgan fingerprint density at radius 3 is 2.57 bits per heavy atom. The number of aromatic nitrogens is 1. The first-order chi connectivity index (χ1) is 13.8. The van der Waals surface area contributed by atoms with Gasteiger partial charge in [0.2, 0.25) is 0 Å². The Balaban J connectivity index is 1.48. The molecule has 28 heavy (non-hydrogen) atoms. The number of thiazole rings is 1. The molecule has 5 aromatic rings. The van der Waals surface area contributed by atoms with Crippen molar-refractivity contribution in [3.63, 3.8) is 0 Å². The van der Waals surface area contributed by atoms with Gasteiger partial charge in [0.15, 0.2) is 5.13 Å². The molecule has 0 unspecified atom stereocenters. The van der Waals surface area contributed by atoms with E-state index in [9.17, 15) is 0 Å². The third-order valence-electron chi connectivity index (χ3n) is 5.35. The Hall–Kier alpha value is -3.37. The van der Waals surface area contributed by atoms with E-state index in [2.05, 4.69) is 59.6 Å². The molecule has 0 bridgehead atoms. The van der Waals surface area contributed by atoms with Crippen molar-refractivity contribution in [2.24, 2.45) is 0 Å². The lowest BCUT2D eigenvalue weighted by Crippen LogP contribution is -1.88. The highest BCUT2D eigenvalue weighted by atomic mass is 32.1. The average molecular weight is 380 g/mol. The lowest BCUT2D eigenvalue weighted by Gasteiger charge is -2.10. The van der Waals surface area contributed by atoms with E-state index in [1.807, 2.05) is 18.2 Å². The van der Waals surface area contributed by atoms with Crippen molar-refractivity contribution in [3.05, 3.63) is 83.2 Å². The van der Waals surface area contributed by atoms with E-state index in [-0.39, 0.29) is 0 Å².